The van der Waals surface area contributed by atoms with E-state index in [-0.39, 0.29) is 5.56 Å². The number of hydrogen-bond acceptors (Lipinski definition) is 5. The highest BCUT2D eigenvalue weighted by Crippen LogP contribution is 2.27. The van der Waals surface area contributed by atoms with Gasteiger partial charge in [-0.1, -0.05) is 32.0 Å². The molecule has 1 N–H and O–H groups in total. The summed E-state index contributed by atoms with van der Waals surface area (Å²) in [5.41, 5.74) is 1.97. The molecule has 0 unspecified atom stereocenters. The monoisotopic (exact) mass is 385 g/mol. The van der Waals surface area contributed by atoms with Crippen molar-refractivity contribution >= 4 is 17.6 Å². The van der Waals surface area contributed by atoms with E-state index >= 15 is 0 Å². The molecule has 150 valence electrons. The molecule has 0 aromatic heterocycles. The van der Waals surface area contributed by atoms with Crippen LogP contribution in [0.4, 0.5) is 5.69 Å². The summed E-state index contributed by atoms with van der Waals surface area (Å²) in [6.45, 7) is 5.73. The van der Waals surface area contributed by atoms with Crippen molar-refractivity contribution in [1.82, 2.24) is 0 Å². The molecular formula is C22H27NO5. The number of esters is 1. The highest BCUT2D eigenvalue weighted by Gasteiger charge is 2.23. The van der Waals surface area contributed by atoms with E-state index in [4.69, 9.17) is 14.2 Å². The van der Waals surface area contributed by atoms with Crippen molar-refractivity contribution in [2.45, 2.75) is 39.2 Å². The zero-order chi connectivity index (χ0) is 20.7. The number of carbonyl (C=O) groups excluding carboxylic acids is 2. The minimum atomic E-state index is -0.978. The molecule has 0 saturated carbocycles. The summed E-state index contributed by atoms with van der Waals surface area (Å²) in [6.07, 6.45) is -0.0269. The first kappa shape index (κ1) is 21.3. The Morgan fingerprint density at radius 2 is 1.75 bits per heavy atom. The van der Waals surface area contributed by atoms with Gasteiger partial charge >= 0.3 is 5.97 Å². The molecule has 0 aliphatic rings. The Morgan fingerprint density at radius 3 is 2.39 bits per heavy atom. The number of ether oxygens (including phenoxy) is 3. The van der Waals surface area contributed by atoms with Gasteiger partial charge in [0.15, 0.2) is 6.10 Å². The number of carbonyl (C=O) groups is 2. The second kappa shape index (κ2) is 9.78. The molecule has 6 heteroatoms. The highest BCUT2D eigenvalue weighted by atomic mass is 16.5. The average Bonchev–Trinajstić information content (AvgIpc) is 2.72. The number of para-hydroxylation sites is 1. The summed E-state index contributed by atoms with van der Waals surface area (Å²) in [5, 5.41) is 2.86. The molecule has 6 nitrogen and oxygen atoms in total. The van der Waals surface area contributed by atoms with Crippen molar-refractivity contribution < 1.29 is 23.8 Å². The maximum absolute atomic E-state index is 12.6. The fraction of sp³-hybridized carbons (Fsp3) is 0.364. The second-order valence-corrected chi connectivity index (χ2v) is 6.50. The first-order chi connectivity index (χ1) is 13.4. The van der Waals surface area contributed by atoms with Crippen molar-refractivity contribution in [1.29, 1.82) is 0 Å². The number of nitrogens with one attached hydrogen (secondary N) is 1. The van der Waals surface area contributed by atoms with Crippen LogP contribution in [-0.4, -0.2) is 32.2 Å². The van der Waals surface area contributed by atoms with Gasteiger partial charge in [-0.25, -0.2) is 4.79 Å². The number of methoxy groups -OCH3 is 2. The Kier molecular flexibility index (Phi) is 7.44. The van der Waals surface area contributed by atoms with E-state index in [0.717, 1.165) is 17.7 Å². The second-order valence-electron chi connectivity index (χ2n) is 6.50. The van der Waals surface area contributed by atoms with Crippen LogP contribution in [0, 0.1) is 0 Å². The van der Waals surface area contributed by atoms with E-state index in [1.165, 1.54) is 27.2 Å². The van der Waals surface area contributed by atoms with Gasteiger partial charge in [-0.15, -0.1) is 0 Å². The van der Waals surface area contributed by atoms with Gasteiger partial charge in [-0.2, -0.15) is 0 Å². The number of benzene rings is 2. The Hall–Kier alpha value is -3.02. The van der Waals surface area contributed by atoms with E-state index in [1.807, 2.05) is 24.3 Å². The van der Waals surface area contributed by atoms with Gasteiger partial charge in [0.2, 0.25) is 0 Å². The number of hydrogen-bond donors (Lipinski definition) is 1. The molecule has 0 spiro atoms. The van der Waals surface area contributed by atoms with Gasteiger partial charge < -0.3 is 19.5 Å². The summed E-state index contributed by atoms with van der Waals surface area (Å²) in [6, 6.07) is 12.4. The minimum Gasteiger partial charge on any atom is -0.497 e. The van der Waals surface area contributed by atoms with Crippen LogP contribution in [-0.2, 0) is 9.53 Å². The molecule has 28 heavy (non-hydrogen) atoms. The predicted molar refractivity (Wildman–Crippen MR) is 108 cm³/mol. The summed E-state index contributed by atoms with van der Waals surface area (Å²) < 4.78 is 15.7. The average molecular weight is 385 g/mol. The smallest absolute Gasteiger partial charge is 0.342 e. The standard InChI is InChI=1S/C22H27NO5/c1-6-14(2)17-9-7-8-10-19(17)23-21(24)15(3)28-22(25)18-13-16(26-4)11-12-20(18)27-5/h7-15H,6H2,1-5H3,(H,23,24)/t14-,15-/m1/s1. The topological polar surface area (TPSA) is 73.9 Å². The third kappa shape index (κ3) is 5.03. The van der Waals surface area contributed by atoms with Gasteiger partial charge in [0.05, 0.1) is 14.2 Å². The summed E-state index contributed by atoms with van der Waals surface area (Å²) >= 11 is 0. The maximum Gasteiger partial charge on any atom is 0.342 e. The lowest BCUT2D eigenvalue weighted by Crippen LogP contribution is -2.30. The predicted octanol–water partition coefficient (Wildman–Crippen LogP) is 4.40. The van der Waals surface area contributed by atoms with Gasteiger partial charge in [0.25, 0.3) is 5.91 Å². The van der Waals surface area contributed by atoms with Crippen LogP contribution in [0.2, 0.25) is 0 Å². The van der Waals surface area contributed by atoms with E-state index in [0.29, 0.717) is 17.4 Å². The van der Waals surface area contributed by atoms with E-state index in [9.17, 15) is 9.59 Å². The Morgan fingerprint density at radius 1 is 1.04 bits per heavy atom. The lowest BCUT2D eigenvalue weighted by Gasteiger charge is -2.18. The molecule has 0 bridgehead atoms. The molecule has 0 fully saturated rings. The van der Waals surface area contributed by atoms with Gasteiger partial charge in [0.1, 0.15) is 17.1 Å². The van der Waals surface area contributed by atoms with Crippen molar-refractivity contribution in [3.05, 3.63) is 53.6 Å². The van der Waals surface area contributed by atoms with Crippen LogP contribution >= 0.6 is 0 Å². The van der Waals surface area contributed by atoms with Crippen molar-refractivity contribution in [3.8, 4) is 11.5 Å². The zero-order valence-electron chi connectivity index (χ0n) is 16.9. The Labute approximate surface area is 165 Å². The Bertz CT molecular complexity index is 833. The molecule has 0 aliphatic carbocycles. The maximum atomic E-state index is 12.6. The molecule has 2 aromatic carbocycles. The van der Waals surface area contributed by atoms with Crippen LogP contribution in [0.15, 0.2) is 42.5 Å². The normalized spacial score (nSPS) is 12.6. The molecule has 2 rings (SSSR count). The van der Waals surface area contributed by atoms with Crippen molar-refractivity contribution in [2.24, 2.45) is 0 Å². The fourth-order valence-electron chi connectivity index (χ4n) is 2.75. The largest absolute Gasteiger partial charge is 0.497 e. The lowest BCUT2D eigenvalue weighted by molar-refractivity contribution is -0.123. The van der Waals surface area contributed by atoms with Gasteiger partial charge in [-0.3, -0.25) is 4.79 Å². The molecule has 0 saturated heterocycles. The lowest BCUT2D eigenvalue weighted by atomic mass is 9.97. The van der Waals surface area contributed by atoms with Crippen LogP contribution in [0.1, 0.15) is 49.0 Å². The van der Waals surface area contributed by atoms with Gasteiger partial charge in [0, 0.05) is 5.69 Å². The van der Waals surface area contributed by atoms with Crippen molar-refractivity contribution in [2.75, 3.05) is 19.5 Å². The SMILES string of the molecule is CC[C@@H](C)c1ccccc1NC(=O)[C@@H](C)OC(=O)c1cc(OC)ccc1OC. The minimum absolute atomic E-state index is 0.196. The van der Waals surface area contributed by atoms with E-state index < -0.39 is 18.0 Å². The molecule has 0 radical (unpaired) electrons. The van der Waals surface area contributed by atoms with Crippen LogP contribution in [0.5, 0.6) is 11.5 Å². The number of rotatable bonds is 8. The summed E-state index contributed by atoms with van der Waals surface area (Å²) in [5.74, 6) is 0.0860. The van der Waals surface area contributed by atoms with Crippen molar-refractivity contribution in [3.63, 3.8) is 0 Å². The molecule has 0 aliphatic heterocycles. The summed E-state index contributed by atoms with van der Waals surface area (Å²) in [4.78, 5) is 25.1. The highest BCUT2D eigenvalue weighted by molar-refractivity contribution is 5.98. The van der Waals surface area contributed by atoms with Crippen LogP contribution in [0.3, 0.4) is 0 Å². The van der Waals surface area contributed by atoms with Crippen LogP contribution in [0.25, 0.3) is 0 Å². The third-order valence-corrected chi connectivity index (χ3v) is 4.64. The third-order valence-electron chi connectivity index (χ3n) is 4.64. The number of anilines is 1. The van der Waals surface area contributed by atoms with E-state index in [2.05, 4.69) is 19.2 Å². The fourth-order valence-corrected chi connectivity index (χ4v) is 2.75. The first-order valence-corrected chi connectivity index (χ1v) is 9.24. The summed E-state index contributed by atoms with van der Waals surface area (Å²) in [7, 11) is 2.96. The van der Waals surface area contributed by atoms with E-state index in [1.54, 1.807) is 12.1 Å². The Balaban J connectivity index is 2.12. The molecule has 2 atom stereocenters. The quantitative estimate of drug-likeness (QED) is 0.682. The van der Waals surface area contributed by atoms with Crippen LogP contribution < -0.4 is 14.8 Å². The molecular weight excluding hydrogens is 358 g/mol. The molecule has 2 aromatic rings. The first-order valence-electron chi connectivity index (χ1n) is 9.24. The van der Waals surface area contributed by atoms with Gasteiger partial charge in [-0.05, 0) is 49.1 Å². The zero-order valence-corrected chi connectivity index (χ0v) is 16.9. The number of amides is 1. The molecule has 0 heterocycles. The molecule has 1 amide bonds.